The van der Waals surface area contributed by atoms with Gasteiger partial charge in [0.2, 0.25) is 0 Å². The Hall–Kier alpha value is -0.870. The molecule has 0 amide bonds. The summed E-state index contributed by atoms with van der Waals surface area (Å²) in [6.45, 7) is 7.84. The topological polar surface area (TPSA) is 50.1 Å². The van der Waals surface area contributed by atoms with E-state index in [2.05, 4.69) is 23.4 Å². The highest BCUT2D eigenvalue weighted by atomic mass is 16.3. The van der Waals surface area contributed by atoms with Crippen LogP contribution in [0.5, 0.6) is 0 Å². The zero-order valence-electron chi connectivity index (χ0n) is 9.12. The van der Waals surface area contributed by atoms with Gasteiger partial charge in [-0.2, -0.15) is 5.10 Å². The van der Waals surface area contributed by atoms with Gasteiger partial charge in [0, 0.05) is 19.1 Å². The summed E-state index contributed by atoms with van der Waals surface area (Å²) >= 11 is 0. The lowest BCUT2D eigenvalue weighted by molar-refractivity contribution is 0.250. The van der Waals surface area contributed by atoms with Gasteiger partial charge in [0.1, 0.15) is 0 Å². The first-order valence-electron chi connectivity index (χ1n) is 5.05. The van der Waals surface area contributed by atoms with E-state index in [1.54, 1.807) is 0 Å². The zero-order chi connectivity index (χ0) is 10.6. The Morgan fingerprint density at radius 1 is 1.64 bits per heavy atom. The second-order valence-corrected chi connectivity index (χ2v) is 3.56. The first-order valence-corrected chi connectivity index (χ1v) is 5.05. The number of aromatic nitrogens is 2. The molecule has 0 aromatic carbocycles. The van der Waals surface area contributed by atoms with Crippen molar-refractivity contribution in [3.05, 3.63) is 17.5 Å². The predicted molar refractivity (Wildman–Crippen MR) is 56.0 cm³/mol. The molecule has 2 N–H and O–H groups in total. The normalized spacial score (nSPS) is 13.1. The molecular weight excluding hydrogens is 178 g/mol. The highest BCUT2D eigenvalue weighted by Crippen LogP contribution is 2.03. The number of nitrogens with zero attached hydrogens (tertiary/aromatic N) is 2. The third kappa shape index (κ3) is 2.82. The van der Waals surface area contributed by atoms with E-state index in [0.29, 0.717) is 0 Å². The van der Waals surface area contributed by atoms with E-state index >= 15 is 0 Å². The van der Waals surface area contributed by atoms with Gasteiger partial charge in [0.15, 0.2) is 0 Å². The SMILES string of the molecule is CCn1nc(C)cc1CNC(C)CO. The van der Waals surface area contributed by atoms with Crippen LogP contribution in [-0.4, -0.2) is 27.5 Å². The molecule has 14 heavy (non-hydrogen) atoms. The Kier molecular flexibility index (Phi) is 4.10. The molecule has 4 heteroatoms. The average Bonchev–Trinajstić information content (AvgIpc) is 2.55. The van der Waals surface area contributed by atoms with Gasteiger partial charge in [0.05, 0.1) is 18.0 Å². The van der Waals surface area contributed by atoms with Crippen molar-refractivity contribution >= 4 is 0 Å². The lowest BCUT2D eigenvalue weighted by Crippen LogP contribution is -2.29. The Labute approximate surface area is 84.9 Å². The fraction of sp³-hybridized carbons (Fsp3) is 0.700. The number of nitrogens with one attached hydrogen (secondary N) is 1. The summed E-state index contributed by atoms with van der Waals surface area (Å²) in [5.41, 5.74) is 2.21. The van der Waals surface area contributed by atoms with Gasteiger partial charge in [-0.1, -0.05) is 0 Å². The van der Waals surface area contributed by atoms with E-state index in [9.17, 15) is 0 Å². The van der Waals surface area contributed by atoms with E-state index < -0.39 is 0 Å². The fourth-order valence-corrected chi connectivity index (χ4v) is 1.36. The Bertz CT molecular complexity index is 283. The highest BCUT2D eigenvalue weighted by Gasteiger charge is 2.05. The van der Waals surface area contributed by atoms with Crippen LogP contribution in [0.4, 0.5) is 0 Å². The molecule has 80 valence electrons. The summed E-state index contributed by atoms with van der Waals surface area (Å²) in [6.07, 6.45) is 0. The Balaban J connectivity index is 2.57. The molecule has 4 nitrogen and oxygen atoms in total. The van der Waals surface area contributed by atoms with E-state index in [1.165, 1.54) is 5.69 Å². The van der Waals surface area contributed by atoms with Crippen molar-refractivity contribution in [3.63, 3.8) is 0 Å². The summed E-state index contributed by atoms with van der Waals surface area (Å²) in [4.78, 5) is 0. The van der Waals surface area contributed by atoms with Crippen LogP contribution in [0.1, 0.15) is 25.2 Å². The second kappa shape index (κ2) is 5.12. The molecule has 0 aliphatic heterocycles. The quantitative estimate of drug-likeness (QED) is 0.730. The number of aliphatic hydroxyl groups excluding tert-OH is 1. The molecule has 0 saturated heterocycles. The summed E-state index contributed by atoms with van der Waals surface area (Å²) in [5.74, 6) is 0. The third-order valence-corrected chi connectivity index (χ3v) is 2.19. The van der Waals surface area contributed by atoms with Crippen molar-refractivity contribution in [1.82, 2.24) is 15.1 Å². The number of aliphatic hydroxyl groups is 1. The van der Waals surface area contributed by atoms with Gasteiger partial charge in [-0.25, -0.2) is 0 Å². The molecule has 1 heterocycles. The molecule has 0 saturated carbocycles. The fourth-order valence-electron chi connectivity index (χ4n) is 1.36. The van der Waals surface area contributed by atoms with Crippen molar-refractivity contribution in [2.75, 3.05) is 6.61 Å². The summed E-state index contributed by atoms with van der Waals surface area (Å²) < 4.78 is 1.98. The van der Waals surface area contributed by atoms with Gasteiger partial charge in [0.25, 0.3) is 0 Å². The summed E-state index contributed by atoms with van der Waals surface area (Å²) in [7, 11) is 0. The molecule has 1 unspecified atom stereocenters. The molecule has 0 aliphatic carbocycles. The molecular formula is C10H19N3O. The van der Waals surface area contributed by atoms with Gasteiger partial charge in [-0.3, -0.25) is 4.68 Å². The standard InChI is InChI=1S/C10H19N3O/c1-4-13-10(5-8(2)12-13)6-11-9(3)7-14/h5,9,11,14H,4,6-7H2,1-3H3. The number of hydrogen-bond acceptors (Lipinski definition) is 3. The smallest absolute Gasteiger partial charge is 0.0597 e. The maximum Gasteiger partial charge on any atom is 0.0597 e. The zero-order valence-corrected chi connectivity index (χ0v) is 9.12. The Morgan fingerprint density at radius 3 is 2.93 bits per heavy atom. The van der Waals surface area contributed by atoms with Gasteiger partial charge >= 0.3 is 0 Å². The van der Waals surface area contributed by atoms with Crippen molar-refractivity contribution < 1.29 is 5.11 Å². The van der Waals surface area contributed by atoms with Crippen LogP contribution in [0, 0.1) is 6.92 Å². The van der Waals surface area contributed by atoms with Crippen LogP contribution in [0.15, 0.2) is 6.07 Å². The van der Waals surface area contributed by atoms with Crippen LogP contribution in [0.2, 0.25) is 0 Å². The molecule has 0 spiro atoms. The number of aryl methyl sites for hydroxylation is 2. The average molecular weight is 197 g/mol. The van der Waals surface area contributed by atoms with E-state index in [-0.39, 0.29) is 12.6 Å². The van der Waals surface area contributed by atoms with Crippen LogP contribution in [-0.2, 0) is 13.1 Å². The maximum atomic E-state index is 8.86. The van der Waals surface area contributed by atoms with E-state index in [1.807, 2.05) is 18.5 Å². The van der Waals surface area contributed by atoms with Crippen molar-refractivity contribution in [1.29, 1.82) is 0 Å². The highest BCUT2D eigenvalue weighted by molar-refractivity contribution is 5.08. The van der Waals surface area contributed by atoms with Crippen molar-refractivity contribution in [3.8, 4) is 0 Å². The molecule has 0 bridgehead atoms. The van der Waals surface area contributed by atoms with Crippen molar-refractivity contribution in [2.45, 2.75) is 39.9 Å². The number of rotatable bonds is 5. The lowest BCUT2D eigenvalue weighted by Gasteiger charge is -2.11. The van der Waals surface area contributed by atoms with Gasteiger partial charge in [-0.05, 0) is 26.8 Å². The molecule has 0 fully saturated rings. The molecule has 1 rings (SSSR count). The number of hydrogen-bond donors (Lipinski definition) is 2. The van der Waals surface area contributed by atoms with Gasteiger partial charge in [-0.15, -0.1) is 0 Å². The molecule has 1 atom stereocenters. The monoisotopic (exact) mass is 197 g/mol. The van der Waals surface area contributed by atoms with Crippen LogP contribution >= 0.6 is 0 Å². The second-order valence-electron chi connectivity index (χ2n) is 3.56. The van der Waals surface area contributed by atoms with E-state index in [4.69, 9.17) is 5.11 Å². The van der Waals surface area contributed by atoms with Crippen LogP contribution in [0.25, 0.3) is 0 Å². The molecule has 1 aromatic heterocycles. The van der Waals surface area contributed by atoms with Crippen LogP contribution < -0.4 is 5.32 Å². The van der Waals surface area contributed by atoms with Crippen LogP contribution in [0.3, 0.4) is 0 Å². The summed E-state index contributed by atoms with van der Waals surface area (Å²) in [5, 5.41) is 16.4. The van der Waals surface area contributed by atoms with Crippen molar-refractivity contribution in [2.24, 2.45) is 0 Å². The molecule has 0 radical (unpaired) electrons. The molecule has 0 aliphatic rings. The molecule has 1 aromatic rings. The lowest BCUT2D eigenvalue weighted by atomic mass is 10.3. The third-order valence-electron chi connectivity index (χ3n) is 2.19. The minimum absolute atomic E-state index is 0.135. The first-order chi connectivity index (χ1) is 6.67. The summed E-state index contributed by atoms with van der Waals surface area (Å²) in [6, 6.07) is 2.20. The minimum atomic E-state index is 0.135. The first kappa shape index (κ1) is 11.2. The predicted octanol–water partition coefficient (Wildman–Crippen LogP) is 0.682. The Morgan fingerprint density at radius 2 is 2.36 bits per heavy atom. The van der Waals surface area contributed by atoms with E-state index in [0.717, 1.165) is 18.8 Å². The minimum Gasteiger partial charge on any atom is -0.395 e. The maximum absolute atomic E-state index is 8.86. The largest absolute Gasteiger partial charge is 0.395 e. The van der Waals surface area contributed by atoms with Gasteiger partial charge < -0.3 is 10.4 Å².